The third-order valence-electron chi connectivity index (χ3n) is 8.76. The maximum absolute atomic E-state index is 14.2. The fourth-order valence-electron chi connectivity index (χ4n) is 6.26. The molecule has 6 aromatic rings. The fourth-order valence-corrected chi connectivity index (χ4v) is 6.26. The number of rotatable bonds is 8. The Labute approximate surface area is 269 Å². The molecule has 1 aliphatic rings. The van der Waals surface area contributed by atoms with Crippen molar-refractivity contribution in [1.82, 2.24) is 19.6 Å². The summed E-state index contributed by atoms with van der Waals surface area (Å²) in [5.41, 5.74) is -0.0561. The van der Waals surface area contributed by atoms with E-state index in [1.54, 1.807) is 92.1 Å². The van der Waals surface area contributed by atoms with E-state index in [1.807, 2.05) is 30.3 Å². The Morgan fingerprint density at radius 1 is 0.787 bits per heavy atom. The molecule has 0 aliphatic carbocycles. The Morgan fingerprint density at radius 3 is 2.04 bits per heavy atom. The molecule has 10 nitrogen and oxygen atoms in total. The number of carbonyl (C=O) groups is 1. The van der Waals surface area contributed by atoms with E-state index in [1.165, 1.54) is 14.3 Å². The number of benzene rings is 4. The highest BCUT2D eigenvalue weighted by Gasteiger charge is 2.52. The van der Waals surface area contributed by atoms with E-state index in [0.717, 1.165) is 5.39 Å². The summed E-state index contributed by atoms with van der Waals surface area (Å²) in [7, 11) is 0. The van der Waals surface area contributed by atoms with Gasteiger partial charge < -0.3 is 15.1 Å². The average Bonchev–Trinajstić information content (AvgIpc) is 3.31. The minimum Gasteiger partial charge on any atom is -0.396 e. The molecule has 0 unspecified atom stereocenters. The maximum atomic E-state index is 14.2. The van der Waals surface area contributed by atoms with E-state index in [2.05, 4.69) is 10.2 Å². The van der Waals surface area contributed by atoms with E-state index in [0.29, 0.717) is 50.8 Å². The van der Waals surface area contributed by atoms with Crippen LogP contribution in [0.3, 0.4) is 0 Å². The van der Waals surface area contributed by atoms with Gasteiger partial charge in [0.1, 0.15) is 0 Å². The second-order valence-electron chi connectivity index (χ2n) is 11.7. The summed E-state index contributed by atoms with van der Waals surface area (Å²) in [6, 6.07) is 26.7. The summed E-state index contributed by atoms with van der Waals surface area (Å²) in [5.74, 6) is -1.20. The number of amides is 1. The van der Waals surface area contributed by atoms with E-state index in [4.69, 9.17) is 0 Å². The van der Waals surface area contributed by atoms with Crippen molar-refractivity contribution in [1.29, 1.82) is 0 Å². The van der Waals surface area contributed by atoms with Crippen molar-refractivity contribution in [2.45, 2.75) is 25.5 Å². The Morgan fingerprint density at radius 2 is 1.40 bits per heavy atom. The molecule has 0 saturated heterocycles. The van der Waals surface area contributed by atoms with Gasteiger partial charge in [-0.1, -0.05) is 67.6 Å². The van der Waals surface area contributed by atoms with Crippen LogP contribution in [0.15, 0.2) is 125 Å². The Balaban J connectivity index is 1.31. The Bertz CT molecular complexity index is 2330. The minimum atomic E-state index is -1.97. The highest BCUT2D eigenvalue weighted by Crippen LogP contribution is 2.46. The van der Waals surface area contributed by atoms with Gasteiger partial charge in [-0.15, -0.1) is 0 Å². The molecule has 4 aromatic carbocycles. The number of fused-ring (bicyclic) bond motifs is 3. The summed E-state index contributed by atoms with van der Waals surface area (Å²) >= 11 is 0. The van der Waals surface area contributed by atoms with Crippen LogP contribution in [-0.4, -0.2) is 42.3 Å². The van der Waals surface area contributed by atoms with Crippen LogP contribution in [-0.2, 0) is 16.9 Å². The highest BCUT2D eigenvalue weighted by atomic mass is 16.3. The van der Waals surface area contributed by atoms with Gasteiger partial charge in [-0.3, -0.25) is 14.4 Å². The number of anilines is 1. The number of aliphatic hydroxyl groups excluding tert-OH is 1. The van der Waals surface area contributed by atoms with E-state index < -0.39 is 17.4 Å². The summed E-state index contributed by atoms with van der Waals surface area (Å²) in [6.45, 7) is 1.78. The molecule has 1 amide bonds. The number of carbonyl (C=O) groups excluding carboxylic acids is 1. The van der Waals surface area contributed by atoms with Crippen molar-refractivity contribution >= 4 is 33.1 Å². The lowest BCUT2D eigenvalue weighted by atomic mass is 9.82. The van der Waals surface area contributed by atoms with Gasteiger partial charge in [-0.2, -0.15) is 19.6 Å². The van der Waals surface area contributed by atoms with Crippen molar-refractivity contribution in [3.05, 3.63) is 147 Å². The van der Waals surface area contributed by atoms with Crippen LogP contribution in [0.2, 0.25) is 0 Å². The lowest BCUT2D eigenvalue weighted by Crippen LogP contribution is -2.44. The number of hydrogen-bond donors (Lipinski definition) is 2. The molecular formula is C37H31N5O5. The molecule has 0 spiro atoms. The van der Waals surface area contributed by atoms with Gasteiger partial charge in [0.2, 0.25) is 0 Å². The third-order valence-corrected chi connectivity index (χ3v) is 8.76. The van der Waals surface area contributed by atoms with Gasteiger partial charge in [0, 0.05) is 28.9 Å². The largest absolute Gasteiger partial charge is 0.396 e. The smallest absolute Gasteiger partial charge is 0.279 e. The molecule has 7 rings (SSSR count). The minimum absolute atomic E-state index is 0.0650. The third kappa shape index (κ3) is 5.04. The molecular weight excluding hydrogens is 594 g/mol. The van der Waals surface area contributed by atoms with Gasteiger partial charge in [0.25, 0.3) is 17.0 Å². The van der Waals surface area contributed by atoms with Gasteiger partial charge in [-0.05, 0) is 54.4 Å². The van der Waals surface area contributed by atoms with Crippen molar-refractivity contribution in [2.24, 2.45) is 5.92 Å². The molecule has 2 N–H and O–H groups in total. The molecule has 3 heterocycles. The first-order valence-electron chi connectivity index (χ1n) is 15.3. The molecule has 2 aromatic heterocycles. The average molecular weight is 626 g/mol. The Hall–Kier alpha value is -5.71. The second kappa shape index (κ2) is 11.9. The zero-order valence-corrected chi connectivity index (χ0v) is 25.5. The summed E-state index contributed by atoms with van der Waals surface area (Å²) in [4.78, 5) is 42.4. The fraction of sp³-hybridized carbons (Fsp3) is 0.162. The quantitative estimate of drug-likeness (QED) is 0.240. The topological polar surface area (TPSA) is 131 Å². The van der Waals surface area contributed by atoms with Crippen molar-refractivity contribution in [3.63, 3.8) is 0 Å². The van der Waals surface area contributed by atoms with Crippen LogP contribution >= 0.6 is 0 Å². The van der Waals surface area contributed by atoms with E-state index in [9.17, 15) is 24.6 Å². The molecule has 2 atom stereocenters. The maximum Gasteiger partial charge on any atom is 0.279 e. The summed E-state index contributed by atoms with van der Waals surface area (Å²) in [5, 5.41) is 32.8. The lowest BCUT2D eigenvalue weighted by molar-refractivity contribution is -0.139. The molecule has 0 radical (unpaired) electrons. The van der Waals surface area contributed by atoms with Crippen molar-refractivity contribution < 1.29 is 15.0 Å². The first-order valence-corrected chi connectivity index (χ1v) is 15.3. The molecule has 0 saturated carbocycles. The Kier molecular flexibility index (Phi) is 7.59. The van der Waals surface area contributed by atoms with E-state index in [-0.39, 0.29) is 24.3 Å². The lowest BCUT2D eigenvalue weighted by Gasteiger charge is -2.28. The standard InChI is InChI=1S/C37H31N5O5/c1-24(9-6-7-18-43)37(47)32-20-29(42-35(45)31-15-5-3-12-27(31)22-39-42)16-17-33(32)40(36(37)46)23-25-10-8-13-28(19-25)41-34(44)30-14-4-2-11-26(30)21-38-41/h2-6,8-17,19-22,24,43,47H,7,18,23H2,1H3/b9-6+/t24-,37+/m0/s1. The van der Waals surface area contributed by atoms with Gasteiger partial charge in [-0.25, -0.2) is 0 Å². The highest BCUT2D eigenvalue weighted by molar-refractivity contribution is 6.07. The van der Waals surface area contributed by atoms with Gasteiger partial charge >= 0.3 is 0 Å². The molecule has 0 fully saturated rings. The van der Waals surface area contributed by atoms with Crippen LogP contribution in [0.25, 0.3) is 32.9 Å². The van der Waals surface area contributed by atoms with Crippen molar-refractivity contribution in [2.75, 3.05) is 11.5 Å². The number of aromatic nitrogens is 4. The first kappa shape index (κ1) is 30.0. The van der Waals surface area contributed by atoms with Crippen LogP contribution in [0.1, 0.15) is 24.5 Å². The van der Waals surface area contributed by atoms with Gasteiger partial charge in [0.05, 0.1) is 46.8 Å². The predicted octanol–water partition coefficient (Wildman–Crippen LogP) is 4.39. The monoisotopic (exact) mass is 625 g/mol. The summed E-state index contributed by atoms with van der Waals surface area (Å²) < 4.78 is 2.59. The molecule has 10 heteroatoms. The first-order chi connectivity index (χ1) is 22.8. The van der Waals surface area contributed by atoms with Crippen LogP contribution in [0, 0.1) is 5.92 Å². The molecule has 234 valence electrons. The van der Waals surface area contributed by atoms with E-state index >= 15 is 0 Å². The second-order valence-corrected chi connectivity index (χ2v) is 11.7. The normalized spacial score (nSPS) is 16.7. The number of aliphatic hydroxyl groups is 2. The molecule has 47 heavy (non-hydrogen) atoms. The SMILES string of the molecule is C[C@@H](/C=C/CCO)[C@]1(O)C(=O)N(Cc2cccc(-n3ncc4ccccc4c3=O)c2)c2ccc(-n3ncc4ccccc4c3=O)cc21. The van der Waals surface area contributed by atoms with Crippen molar-refractivity contribution in [3.8, 4) is 11.4 Å². The number of nitrogens with zero attached hydrogens (tertiary/aromatic N) is 5. The number of hydrogen-bond acceptors (Lipinski definition) is 7. The molecule has 0 bridgehead atoms. The summed E-state index contributed by atoms with van der Waals surface area (Å²) in [6.07, 6.45) is 7.07. The van der Waals surface area contributed by atoms with Crippen LogP contribution in [0.4, 0.5) is 5.69 Å². The van der Waals surface area contributed by atoms with Gasteiger partial charge in [0.15, 0.2) is 5.60 Å². The van der Waals surface area contributed by atoms with Crippen LogP contribution in [0.5, 0.6) is 0 Å². The molecule has 1 aliphatic heterocycles. The van der Waals surface area contributed by atoms with Crippen LogP contribution < -0.4 is 16.0 Å². The zero-order valence-electron chi connectivity index (χ0n) is 25.5. The zero-order chi connectivity index (χ0) is 32.7. The predicted molar refractivity (Wildman–Crippen MR) is 180 cm³/mol.